The molecule has 114 valence electrons. The van der Waals surface area contributed by atoms with E-state index in [1.165, 1.54) is 0 Å². The monoisotopic (exact) mass is 281 g/mol. The van der Waals surface area contributed by atoms with Crippen molar-refractivity contribution in [3.8, 4) is 11.5 Å². The summed E-state index contributed by atoms with van der Waals surface area (Å²) in [5.41, 5.74) is 0.739. The Balaban J connectivity index is 2.64. The van der Waals surface area contributed by atoms with Crippen LogP contribution < -0.4 is 10.1 Å². The highest BCUT2D eigenvalue weighted by atomic mass is 16.5. The van der Waals surface area contributed by atoms with Crippen molar-refractivity contribution in [2.24, 2.45) is 5.41 Å². The third-order valence-electron chi connectivity index (χ3n) is 4.03. The lowest BCUT2D eigenvalue weighted by molar-refractivity contribution is 0.113. The third-order valence-corrected chi connectivity index (χ3v) is 4.03. The van der Waals surface area contributed by atoms with Gasteiger partial charge in [0.05, 0.1) is 6.61 Å². The first-order valence-corrected chi connectivity index (χ1v) is 7.37. The van der Waals surface area contributed by atoms with Crippen LogP contribution in [0.4, 0.5) is 0 Å². The second-order valence-electron chi connectivity index (χ2n) is 5.17. The highest BCUT2D eigenvalue weighted by molar-refractivity contribution is 5.45. The van der Waals surface area contributed by atoms with E-state index >= 15 is 0 Å². The van der Waals surface area contributed by atoms with Crippen LogP contribution in [0.1, 0.15) is 39.2 Å². The van der Waals surface area contributed by atoms with Crippen LogP contribution in [0, 0.1) is 5.41 Å². The van der Waals surface area contributed by atoms with E-state index in [1.54, 1.807) is 6.07 Å². The van der Waals surface area contributed by atoms with Crippen LogP contribution in [-0.4, -0.2) is 30.0 Å². The van der Waals surface area contributed by atoms with Crippen LogP contribution in [0.5, 0.6) is 11.5 Å². The van der Waals surface area contributed by atoms with Crippen LogP contribution in [0.25, 0.3) is 0 Å². The molecule has 0 saturated heterocycles. The second-order valence-corrected chi connectivity index (χ2v) is 5.17. The molecule has 0 aliphatic carbocycles. The number of hydrogen-bond donors (Lipinski definition) is 3. The van der Waals surface area contributed by atoms with Crippen molar-refractivity contribution in [1.29, 1.82) is 0 Å². The normalized spacial score (nSPS) is 11.6. The van der Waals surface area contributed by atoms with Crippen molar-refractivity contribution in [3.05, 3.63) is 23.8 Å². The lowest BCUT2D eigenvalue weighted by atomic mass is 9.83. The first-order chi connectivity index (χ1) is 9.62. The molecule has 0 unspecified atom stereocenters. The molecule has 0 atom stereocenters. The molecule has 0 aromatic heterocycles. The maximum Gasteiger partial charge on any atom is 0.162 e. The lowest BCUT2D eigenvalue weighted by Gasteiger charge is -2.29. The van der Waals surface area contributed by atoms with Gasteiger partial charge in [0.1, 0.15) is 0 Å². The molecule has 1 rings (SSSR count). The number of phenolic OH excluding ortho intramolecular Hbond substituents is 1. The fourth-order valence-corrected chi connectivity index (χ4v) is 2.22. The van der Waals surface area contributed by atoms with Gasteiger partial charge in [-0.15, -0.1) is 0 Å². The van der Waals surface area contributed by atoms with Crippen LogP contribution >= 0.6 is 0 Å². The SMILES string of the molecule is CCOc1cccc(CNCC(CC)(CC)CO)c1O. The van der Waals surface area contributed by atoms with E-state index in [0.717, 1.165) is 24.9 Å². The van der Waals surface area contributed by atoms with Gasteiger partial charge in [0.25, 0.3) is 0 Å². The van der Waals surface area contributed by atoms with Gasteiger partial charge in [-0.2, -0.15) is 0 Å². The molecule has 0 heterocycles. The van der Waals surface area contributed by atoms with Crippen LogP contribution in [0.3, 0.4) is 0 Å². The van der Waals surface area contributed by atoms with Gasteiger partial charge in [-0.05, 0) is 25.8 Å². The summed E-state index contributed by atoms with van der Waals surface area (Å²) in [5, 5.41) is 23.0. The van der Waals surface area contributed by atoms with Crippen molar-refractivity contribution >= 4 is 0 Å². The number of benzene rings is 1. The molecular formula is C16H27NO3. The molecule has 0 aliphatic rings. The highest BCUT2D eigenvalue weighted by Crippen LogP contribution is 2.30. The molecule has 1 aromatic carbocycles. The number of nitrogens with one attached hydrogen (secondary N) is 1. The van der Waals surface area contributed by atoms with Gasteiger partial charge in [-0.3, -0.25) is 0 Å². The molecule has 0 fully saturated rings. The Morgan fingerprint density at radius 3 is 2.45 bits per heavy atom. The molecule has 0 spiro atoms. The Morgan fingerprint density at radius 1 is 1.20 bits per heavy atom. The quantitative estimate of drug-likeness (QED) is 0.651. The van der Waals surface area contributed by atoms with E-state index in [0.29, 0.717) is 18.9 Å². The summed E-state index contributed by atoms with van der Waals surface area (Å²) in [5.74, 6) is 0.718. The summed E-state index contributed by atoms with van der Waals surface area (Å²) in [4.78, 5) is 0. The van der Waals surface area contributed by atoms with E-state index in [1.807, 2.05) is 19.1 Å². The summed E-state index contributed by atoms with van der Waals surface area (Å²) in [6.07, 6.45) is 1.86. The molecule has 4 nitrogen and oxygen atoms in total. The molecular weight excluding hydrogens is 254 g/mol. The Morgan fingerprint density at radius 2 is 1.90 bits per heavy atom. The largest absolute Gasteiger partial charge is 0.504 e. The molecule has 0 amide bonds. The molecule has 0 aliphatic heterocycles. The highest BCUT2D eigenvalue weighted by Gasteiger charge is 2.24. The smallest absolute Gasteiger partial charge is 0.162 e. The topological polar surface area (TPSA) is 61.7 Å². The maximum atomic E-state index is 10.1. The summed E-state index contributed by atoms with van der Waals surface area (Å²) in [6, 6.07) is 5.52. The molecule has 0 saturated carbocycles. The Bertz CT molecular complexity index is 394. The lowest BCUT2D eigenvalue weighted by Crippen LogP contribution is -2.36. The predicted molar refractivity (Wildman–Crippen MR) is 81.1 cm³/mol. The number of ether oxygens (including phenoxy) is 1. The van der Waals surface area contributed by atoms with E-state index in [4.69, 9.17) is 4.74 Å². The fourth-order valence-electron chi connectivity index (χ4n) is 2.22. The molecule has 1 aromatic rings. The van der Waals surface area contributed by atoms with Gasteiger partial charge >= 0.3 is 0 Å². The minimum absolute atomic E-state index is 0.0762. The summed E-state index contributed by atoms with van der Waals surface area (Å²) in [7, 11) is 0. The van der Waals surface area contributed by atoms with Crippen molar-refractivity contribution < 1.29 is 14.9 Å². The number of aliphatic hydroxyl groups excluding tert-OH is 1. The fraction of sp³-hybridized carbons (Fsp3) is 0.625. The average molecular weight is 281 g/mol. The molecule has 0 radical (unpaired) electrons. The number of rotatable bonds is 9. The van der Waals surface area contributed by atoms with Crippen LogP contribution in [0.2, 0.25) is 0 Å². The summed E-state index contributed by atoms with van der Waals surface area (Å²) >= 11 is 0. The minimum atomic E-state index is -0.0762. The van der Waals surface area contributed by atoms with Crippen molar-refractivity contribution in [1.82, 2.24) is 5.32 Å². The van der Waals surface area contributed by atoms with Crippen molar-refractivity contribution in [3.63, 3.8) is 0 Å². The summed E-state index contributed by atoms with van der Waals surface area (Å²) in [6.45, 7) is 8.08. The van der Waals surface area contributed by atoms with E-state index in [2.05, 4.69) is 19.2 Å². The third kappa shape index (κ3) is 4.12. The van der Waals surface area contributed by atoms with E-state index in [-0.39, 0.29) is 17.8 Å². The molecule has 4 heteroatoms. The Kier molecular flexibility index (Phi) is 6.82. The number of para-hydroxylation sites is 1. The van der Waals surface area contributed by atoms with Gasteiger partial charge in [0, 0.05) is 30.7 Å². The number of phenols is 1. The Hall–Kier alpha value is -1.26. The van der Waals surface area contributed by atoms with E-state index in [9.17, 15) is 10.2 Å². The average Bonchev–Trinajstić information content (AvgIpc) is 2.48. The van der Waals surface area contributed by atoms with Crippen molar-refractivity contribution in [2.75, 3.05) is 19.8 Å². The first kappa shape index (κ1) is 16.8. The first-order valence-electron chi connectivity index (χ1n) is 7.37. The molecule has 3 N–H and O–H groups in total. The van der Waals surface area contributed by atoms with Gasteiger partial charge < -0.3 is 20.3 Å². The van der Waals surface area contributed by atoms with Crippen LogP contribution in [-0.2, 0) is 6.54 Å². The molecule has 0 bridgehead atoms. The molecule has 20 heavy (non-hydrogen) atoms. The maximum absolute atomic E-state index is 10.1. The Labute approximate surface area is 121 Å². The van der Waals surface area contributed by atoms with Crippen LogP contribution in [0.15, 0.2) is 18.2 Å². The number of aliphatic hydroxyl groups is 1. The zero-order valence-electron chi connectivity index (χ0n) is 12.8. The minimum Gasteiger partial charge on any atom is -0.504 e. The summed E-state index contributed by atoms with van der Waals surface area (Å²) < 4.78 is 5.37. The zero-order valence-corrected chi connectivity index (χ0v) is 12.8. The number of hydrogen-bond acceptors (Lipinski definition) is 4. The van der Waals surface area contributed by atoms with E-state index < -0.39 is 0 Å². The predicted octanol–water partition coefficient (Wildman–Crippen LogP) is 2.68. The van der Waals surface area contributed by atoms with Gasteiger partial charge in [0.15, 0.2) is 11.5 Å². The number of aromatic hydroxyl groups is 1. The zero-order chi connectivity index (χ0) is 15.0. The van der Waals surface area contributed by atoms with Gasteiger partial charge in [0.2, 0.25) is 0 Å². The van der Waals surface area contributed by atoms with Gasteiger partial charge in [-0.1, -0.05) is 26.0 Å². The second kappa shape index (κ2) is 8.12. The van der Waals surface area contributed by atoms with Crippen molar-refractivity contribution in [2.45, 2.75) is 40.2 Å². The standard InChI is InChI=1S/C16H27NO3/c1-4-16(5-2,12-18)11-17-10-13-8-7-9-14(15(13)19)20-6-3/h7-9,17-19H,4-6,10-12H2,1-3H3. The van der Waals surface area contributed by atoms with Gasteiger partial charge in [-0.25, -0.2) is 0 Å².